The van der Waals surface area contributed by atoms with E-state index in [0.717, 1.165) is 24.0 Å². The maximum Gasteiger partial charge on any atom is 0.251 e. The number of benzene rings is 1. The largest absolute Gasteiger partial charge is 0.359 e. The van der Waals surface area contributed by atoms with Gasteiger partial charge in [0.1, 0.15) is 0 Å². The van der Waals surface area contributed by atoms with Crippen LogP contribution in [-0.4, -0.2) is 79.7 Å². The molecule has 0 heterocycles. The molecule has 228 valence electrons. The minimum Gasteiger partial charge on any atom is -0.359 e. The Labute approximate surface area is 248 Å². The number of carbonyl (C=O) groups excluding carboxylic acids is 5. The van der Waals surface area contributed by atoms with Gasteiger partial charge in [-0.15, -0.1) is 0 Å². The van der Waals surface area contributed by atoms with Crippen LogP contribution < -0.4 is 26.6 Å². The van der Waals surface area contributed by atoms with Gasteiger partial charge >= 0.3 is 0 Å². The Morgan fingerprint density at radius 3 is 1.70 bits per heavy atom. The SMILES string of the molecule is CCC(C)C.CCNC(=O)CSCCNC(=O)c1cc(CNC=O)cc(C(=O)NCCSCC)c1.CCNC=O. The molecule has 0 aromatic heterocycles. The second-order valence-corrected chi connectivity index (χ2v) is 11.1. The predicted octanol–water partition coefficient (Wildman–Crippen LogP) is 2.82. The Hall–Kier alpha value is -2.73. The summed E-state index contributed by atoms with van der Waals surface area (Å²) >= 11 is 3.16. The van der Waals surface area contributed by atoms with Crippen molar-refractivity contribution in [1.82, 2.24) is 26.6 Å². The highest BCUT2D eigenvalue weighted by Gasteiger charge is 2.13. The topological polar surface area (TPSA) is 146 Å². The fourth-order valence-corrected chi connectivity index (χ4v) is 3.75. The quantitative estimate of drug-likeness (QED) is 0.129. The Bertz CT molecular complexity index is 856. The Morgan fingerprint density at radius 2 is 1.30 bits per heavy atom. The lowest BCUT2D eigenvalue weighted by atomic mass is 10.0. The van der Waals surface area contributed by atoms with E-state index in [1.54, 1.807) is 30.0 Å². The Kier molecular flexibility index (Phi) is 27.4. The van der Waals surface area contributed by atoms with Gasteiger partial charge in [0.05, 0.1) is 5.75 Å². The minimum atomic E-state index is -0.308. The molecular weight excluding hydrogens is 550 g/mol. The third kappa shape index (κ3) is 23.2. The average molecular weight is 600 g/mol. The van der Waals surface area contributed by atoms with Crippen molar-refractivity contribution in [1.29, 1.82) is 0 Å². The fraction of sp³-hybridized carbons (Fsp3) is 0.607. The summed E-state index contributed by atoms with van der Waals surface area (Å²) in [6, 6.07) is 4.86. The van der Waals surface area contributed by atoms with Crippen LogP contribution in [0.2, 0.25) is 0 Å². The number of amides is 5. The molecular formula is C28H49N5O5S2. The molecule has 10 nitrogen and oxygen atoms in total. The first-order valence-corrected chi connectivity index (χ1v) is 16.0. The summed E-state index contributed by atoms with van der Waals surface area (Å²) in [6.45, 7) is 14.9. The molecule has 5 N–H and O–H groups in total. The highest BCUT2D eigenvalue weighted by atomic mass is 32.2. The van der Waals surface area contributed by atoms with E-state index >= 15 is 0 Å². The highest BCUT2D eigenvalue weighted by Crippen LogP contribution is 2.12. The van der Waals surface area contributed by atoms with Gasteiger partial charge in [-0.3, -0.25) is 24.0 Å². The van der Waals surface area contributed by atoms with Crippen LogP contribution in [0.1, 0.15) is 74.2 Å². The van der Waals surface area contributed by atoms with E-state index in [-0.39, 0.29) is 24.3 Å². The van der Waals surface area contributed by atoms with E-state index in [9.17, 15) is 24.0 Å². The zero-order chi connectivity index (χ0) is 30.6. The lowest BCUT2D eigenvalue weighted by molar-refractivity contribution is -0.118. The second kappa shape index (κ2) is 27.8. The number of hydrogen-bond acceptors (Lipinski definition) is 7. The van der Waals surface area contributed by atoms with Crippen LogP contribution in [0.4, 0.5) is 0 Å². The first kappa shape index (κ1) is 39.4. The fourth-order valence-electron chi connectivity index (χ4n) is 2.53. The standard InChI is InChI=1S/C20H30N4O4S2.C5H12.C3H7NO/c1-3-22-18(26)13-30-8-6-24-20(28)17-10-15(12-21-14-25)9-16(11-17)19(27)23-5-7-29-4-2;1-4-5(2)3;1-2-4-3-5/h9-11,14H,3-8,12-13H2,1-2H3,(H,21,25)(H,22,26)(H,23,27)(H,24,28);5H,4H2,1-3H3;3H,2H2,1H3,(H,4,5). The Balaban J connectivity index is 0. The van der Waals surface area contributed by atoms with Crippen LogP contribution in [0.25, 0.3) is 0 Å². The molecule has 0 saturated carbocycles. The van der Waals surface area contributed by atoms with Gasteiger partial charge in [0.2, 0.25) is 18.7 Å². The van der Waals surface area contributed by atoms with Crippen LogP contribution in [0.15, 0.2) is 18.2 Å². The van der Waals surface area contributed by atoms with Gasteiger partial charge in [0.25, 0.3) is 11.8 Å². The maximum absolute atomic E-state index is 12.5. The van der Waals surface area contributed by atoms with Crippen molar-refractivity contribution in [2.75, 3.05) is 49.2 Å². The molecule has 0 aliphatic heterocycles. The van der Waals surface area contributed by atoms with E-state index < -0.39 is 0 Å². The molecule has 0 unspecified atom stereocenters. The molecule has 0 aliphatic carbocycles. The van der Waals surface area contributed by atoms with Crippen LogP contribution in [-0.2, 0) is 20.9 Å². The van der Waals surface area contributed by atoms with Gasteiger partial charge in [-0.05, 0) is 49.3 Å². The van der Waals surface area contributed by atoms with Gasteiger partial charge in [-0.1, -0.05) is 34.1 Å². The molecule has 0 spiro atoms. The monoisotopic (exact) mass is 599 g/mol. The van der Waals surface area contributed by atoms with Gasteiger partial charge in [-0.2, -0.15) is 23.5 Å². The van der Waals surface area contributed by atoms with E-state index in [0.29, 0.717) is 60.7 Å². The van der Waals surface area contributed by atoms with Crippen molar-refractivity contribution < 1.29 is 24.0 Å². The molecule has 5 amide bonds. The van der Waals surface area contributed by atoms with E-state index in [2.05, 4.69) is 54.3 Å². The van der Waals surface area contributed by atoms with Crippen LogP contribution in [0.5, 0.6) is 0 Å². The summed E-state index contributed by atoms with van der Waals surface area (Å²) in [6.07, 6.45) is 2.56. The van der Waals surface area contributed by atoms with Gasteiger partial charge in [-0.25, -0.2) is 0 Å². The molecule has 0 bridgehead atoms. The summed E-state index contributed by atoms with van der Waals surface area (Å²) in [5.74, 6) is 3.02. The number of carbonyl (C=O) groups is 5. The molecule has 0 aliphatic rings. The number of rotatable bonds is 18. The molecule has 12 heteroatoms. The molecule has 0 atom stereocenters. The summed E-state index contributed by atoms with van der Waals surface area (Å²) in [4.78, 5) is 56.3. The molecule has 1 rings (SSSR count). The number of hydrogen-bond donors (Lipinski definition) is 5. The van der Waals surface area contributed by atoms with Gasteiger partial charge in [0.15, 0.2) is 0 Å². The predicted molar refractivity (Wildman–Crippen MR) is 168 cm³/mol. The zero-order valence-electron chi connectivity index (χ0n) is 24.9. The van der Waals surface area contributed by atoms with Crippen molar-refractivity contribution in [3.63, 3.8) is 0 Å². The molecule has 1 aromatic rings. The number of nitrogens with one attached hydrogen (secondary N) is 5. The third-order valence-corrected chi connectivity index (χ3v) is 6.75. The van der Waals surface area contributed by atoms with Crippen LogP contribution in [0, 0.1) is 5.92 Å². The Morgan fingerprint density at radius 1 is 0.775 bits per heavy atom. The summed E-state index contributed by atoms with van der Waals surface area (Å²) in [5.41, 5.74) is 1.38. The zero-order valence-corrected chi connectivity index (χ0v) is 26.5. The maximum atomic E-state index is 12.5. The smallest absolute Gasteiger partial charge is 0.251 e. The van der Waals surface area contributed by atoms with Gasteiger partial charge < -0.3 is 26.6 Å². The lowest BCUT2D eigenvalue weighted by Gasteiger charge is -2.11. The van der Waals surface area contributed by atoms with Crippen molar-refractivity contribution >= 4 is 54.1 Å². The van der Waals surface area contributed by atoms with Crippen LogP contribution in [0.3, 0.4) is 0 Å². The van der Waals surface area contributed by atoms with E-state index in [1.165, 1.54) is 18.2 Å². The minimum absolute atomic E-state index is 0.0304. The summed E-state index contributed by atoms with van der Waals surface area (Å²) < 4.78 is 0. The molecule has 0 saturated heterocycles. The van der Waals surface area contributed by atoms with Crippen molar-refractivity contribution in [3.05, 3.63) is 34.9 Å². The molecule has 40 heavy (non-hydrogen) atoms. The third-order valence-electron chi connectivity index (χ3n) is 4.89. The second-order valence-electron chi connectivity index (χ2n) is 8.61. The van der Waals surface area contributed by atoms with Crippen molar-refractivity contribution in [2.24, 2.45) is 5.92 Å². The van der Waals surface area contributed by atoms with E-state index in [4.69, 9.17) is 0 Å². The summed E-state index contributed by atoms with van der Waals surface area (Å²) in [7, 11) is 0. The number of thioether (sulfide) groups is 2. The lowest BCUT2D eigenvalue weighted by Crippen LogP contribution is -2.29. The van der Waals surface area contributed by atoms with Crippen molar-refractivity contribution in [2.45, 2.75) is 54.5 Å². The van der Waals surface area contributed by atoms with E-state index in [1.807, 2.05) is 13.8 Å². The molecule has 0 radical (unpaired) electrons. The molecule has 1 aromatic carbocycles. The summed E-state index contributed by atoms with van der Waals surface area (Å²) in [5, 5.41) is 13.3. The average Bonchev–Trinajstić information content (AvgIpc) is 2.94. The molecule has 0 fully saturated rings. The first-order chi connectivity index (χ1) is 19.2. The highest BCUT2D eigenvalue weighted by molar-refractivity contribution is 8.00. The van der Waals surface area contributed by atoms with Gasteiger partial charge in [0, 0.05) is 55.4 Å². The normalized spacial score (nSPS) is 9.68. The van der Waals surface area contributed by atoms with Crippen LogP contribution >= 0.6 is 23.5 Å². The first-order valence-electron chi connectivity index (χ1n) is 13.7. The van der Waals surface area contributed by atoms with Crippen molar-refractivity contribution in [3.8, 4) is 0 Å².